The second kappa shape index (κ2) is 8.58. The number of nitrogens with one attached hydrogen (secondary N) is 1. The lowest BCUT2D eigenvalue weighted by molar-refractivity contribution is 0.00157. The first kappa shape index (κ1) is 23.0. The van der Waals surface area contributed by atoms with Crippen molar-refractivity contribution in [3.63, 3.8) is 0 Å². The van der Waals surface area contributed by atoms with Crippen LogP contribution in [0.1, 0.15) is 58.2 Å². The Hall–Kier alpha value is -3.46. The van der Waals surface area contributed by atoms with Crippen LogP contribution < -0.4 is 10.2 Å². The van der Waals surface area contributed by atoms with Crippen LogP contribution in [-0.4, -0.2) is 73.6 Å². The molecule has 3 fully saturated rings. The molecule has 1 atom stereocenters. The van der Waals surface area contributed by atoms with Gasteiger partial charge in [0.1, 0.15) is 5.69 Å². The number of carbonyl (C=O) groups is 3. The van der Waals surface area contributed by atoms with Crippen LogP contribution in [-0.2, 0) is 20.5 Å². The number of ketones is 1. The number of Topliss-reactive ketones (excluding diaryl/α,β-unsaturated/α-hetero) is 1. The molecule has 6 rings (SSSR count). The lowest BCUT2D eigenvalue weighted by Crippen LogP contribution is -2.49. The van der Waals surface area contributed by atoms with E-state index in [1.54, 1.807) is 11.1 Å². The Labute approximate surface area is 209 Å². The molecule has 1 unspecified atom stereocenters. The first-order valence-electron chi connectivity index (χ1n) is 12.7. The summed E-state index contributed by atoms with van der Waals surface area (Å²) in [5.74, 6) is -0.548. The molecule has 1 aliphatic carbocycles. The van der Waals surface area contributed by atoms with Crippen molar-refractivity contribution >= 4 is 23.5 Å². The number of hydrogen-bond acceptors (Lipinski definition) is 8. The predicted octanol–water partition coefficient (Wildman–Crippen LogP) is 2.63. The maximum atomic E-state index is 13.8. The highest BCUT2D eigenvalue weighted by Gasteiger charge is 2.55. The fraction of sp³-hybridized carbons (Fsp3) is 0.481. The van der Waals surface area contributed by atoms with Crippen LogP contribution in [0.25, 0.3) is 0 Å². The molecule has 1 aromatic heterocycles. The maximum Gasteiger partial charge on any atom is 0.409 e. The van der Waals surface area contributed by atoms with E-state index in [4.69, 9.17) is 9.47 Å². The molecule has 188 valence electrons. The van der Waals surface area contributed by atoms with Gasteiger partial charge in [-0.25, -0.2) is 9.59 Å². The highest BCUT2D eigenvalue weighted by molar-refractivity contribution is 6.12. The zero-order valence-electron chi connectivity index (χ0n) is 20.4. The van der Waals surface area contributed by atoms with Crippen LogP contribution in [0.15, 0.2) is 36.5 Å². The fourth-order valence-electron chi connectivity index (χ4n) is 5.84. The minimum absolute atomic E-state index is 0.102. The van der Waals surface area contributed by atoms with Crippen molar-refractivity contribution in [1.82, 2.24) is 15.2 Å². The number of ether oxygens (including phenoxy) is 2. The van der Waals surface area contributed by atoms with Gasteiger partial charge in [0.25, 0.3) is 0 Å². The molecule has 0 bridgehead atoms. The van der Waals surface area contributed by atoms with E-state index in [9.17, 15) is 14.4 Å². The van der Waals surface area contributed by atoms with Gasteiger partial charge in [-0.05, 0) is 50.1 Å². The van der Waals surface area contributed by atoms with Gasteiger partial charge in [0.2, 0.25) is 0 Å². The summed E-state index contributed by atoms with van der Waals surface area (Å²) in [5.41, 5.74) is 2.04. The molecule has 3 aliphatic heterocycles. The number of aromatic nitrogens is 1. The molecule has 9 heteroatoms. The second-order valence-corrected chi connectivity index (χ2v) is 10.0. The molecule has 0 radical (unpaired) electrons. The third-order valence-electron chi connectivity index (χ3n) is 8.04. The third kappa shape index (κ3) is 3.56. The monoisotopic (exact) mass is 490 g/mol. The summed E-state index contributed by atoms with van der Waals surface area (Å²) < 4.78 is 10.9. The van der Waals surface area contributed by atoms with Crippen LogP contribution >= 0.6 is 0 Å². The van der Waals surface area contributed by atoms with Gasteiger partial charge in [-0.3, -0.25) is 9.78 Å². The Morgan fingerprint density at radius 3 is 2.47 bits per heavy atom. The van der Waals surface area contributed by atoms with Crippen molar-refractivity contribution in [2.24, 2.45) is 0 Å². The number of anilines is 1. The molecule has 36 heavy (non-hydrogen) atoms. The number of rotatable bonds is 5. The van der Waals surface area contributed by atoms with Gasteiger partial charge in [-0.2, -0.15) is 0 Å². The van der Waals surface area contributed by atoms with Crippen LogP contribution in [0, 0.1) is 0 Å². The van der Waals surface area contributed by atoms with E-state index in [1.165, 1.54) is 0 Å². The van der Waals surface area contributed by atoms with Gasteiger partial charge >= 0.3 is 12.1 Å². The lowest BCUT2D eigenvalue weighted by Gasteiger charge is -2.35. The Kier molecular flexibility index (Phi) is 5.48. The van der Waals surface area contributed by atoms with Gasteiger partial charge in [0.05, 0.1) is 17.6 Å². The van der Waals surface area contributed by atoms with Crippen molar-refractivity contribution in [3.05, 3.63) is 58.9 Å². The van der Waals surface area contributed by atoms with Crippen LogP contribution in [0.2, 0.25) is 0 Å². The molecule has 2 saturated heterocycles. The maximum absolute atomic E-state index is 13.8. The smallest absolute Gasteiger partial charge is 0.409 e. The summed E-state index contributed by atoms with van der Waals surface area (Å²) in [4.78, 5) is 47.0. The van der Waals surface area contributed by atoms with E-state index in [0.717, 1.165) is 49.3 Å². The van der Waals surface area contributed by atoms with Crippen molar-refractivity contribution < 1.29 is 23.9 Å². The molecule has 4 aliphatic rings. The Bertz CT molecular complexity index is 1210. The lowest BCUT2D eigenvalue weighted by atomic mass is 9.85. The van der Waals surface area contributed by atoms with Crippen molar-refractivity contribution in [3.8, 4) is 0 Å². The van der Waals surface area contributed by atoms with Crippen LogP contribution in [0.4, 0.5) is 10.5 Å². The summed E-state index contributed by atoms with van der Waals surface area (Å²) >= 11 is 0. The number of amides is 1. The van der Waals surface area contributed by atoms with E-state index >= 15 is 0 Å². The number of nitrogens with zero attached hydrogens (tertiary/aromatic N) is 3. The Balaban J connectivity index is 1.21. The summed E-state index contributed by atoms with van der Waals surface area (Å²) in [6, 6.07) is 9.93. The van der Waals surface area contributed by atoms with Gasteiger partial charge in [0.15, 0.2) is 11.4 Å². The molecular formula is C27H30N4O5. The summed E-state index contributed by atoms with van der Waals surface area (Å²) in [6.07, 6.45) is 3.53. The molecule has 1 saturated carbocycles. The number of fused-ring (bicyclic) bond motifs is 2. The van der Waals surface area contributed by atoms with Crippen molar-refractivity contribution in [2.45, 2.75) is 37.2 Å². The highest BCUT2D eigenvalue weighted by Crippen LogP contribution is 2.52. The predicted molar refractivity (Wildman–Crippen MR) is 131 cm³/mol. The van der Waals surface area contributed by atoms with E-state index in [0.29, 0.717) is 38.2 Å². The van der Waals surface area contributed by atoms with Gasteiger partial charge in [-0.15, -0.1) is 0 Å². The molecule has 1 N–H and O–H groups in total. The van der Waals surface area contributed by atoms with Crippen LogP contribution in [0.3, 0.4) is 0 Å². The average Bonchev–Trinajstić information content (AvgIpc) is 3.51. The molecule has 9 nitrogen and oxygen atoms in total. The number of esters is 1. The van der Waals surface area contributed by atoms with E-state index in [1.807, 2.05) is 37.3 Å². The molecule has 1 aromatic carbocycles. The topological polar surface area (TPSA) is 101 Å². The SMILES string of the molecule is CCOC(=O)N1CCN(c2ccc(C3(C(=O)c4nccc5c4C(=O)OC54CCNC4)CC3)cc2)CC1. The fourth-order valence-corrected chi connectivity index (χ4v) is 5.84. The third-order valence-corrected chi connectivity index (χ3v) is 8.04. The Morgan fingerprint density at radius 1 is 1.08 bits per heavy atom. The zero-order valence-corrected chi connectivity index (χ0v) is 20.4. The molecule has 1 spiro atoms. The summed E-state index contributed by atoms with van der Waals surface area (Å²) in [6.45, 7) is 6.19. The standard InChI is InChI=1S/C27H30N4O5/c1-2-35-25(34)31-15-13-30(14-16-31)19-5-3-18(4-6-19)26(8-9-26)23(32)22-21-20(7-11-29-22)27(36-24(21)33)10-12-28-17-27/h3-7,11,28H,2,8-10,12-17H2,1H3. The Morgan fingerprint density at radius 2 is 1.83 bits per heavy atom. The minimum Gasteiger partial charge on any atom is -0.450 e. The average molecular weight is 491 g/mol. The molecular weight excluding hydrogens is 460 g/mol. The second-order valence-electron chi connectivity index (χ2n) is 10.0. The van der Waals surface area contributed by atoms with Gasteiger partial charge in [-0.1, -0.05) is 12.1 Å². The highest BCUT2D eigenvalue weighted by atomic mass is 16.6. The van der Waals surface area contributed by atoms with Gasteiger partial charge in [0, 0.05) is 56.6 Å². The van der Waals surface area contributed by atoms with Crippen molar-refractivity contribution in [2.75, 3.05) is 50.8 Å². The number of pyridine rings is 1. The number of benzene rings is 1. The largest absolute Gasteiger partial charge is 0.450 e. The normalized spacial score (nSPS) is 24.0. The van der Waals surface area contributed by atoms with E-state index in [-0.39, 0.29) is 17.6 Å². The van der Waals surface area contributed by atoms with E-state index in [2.05, 4.69) is 15.2 Å². The first-order valence-corrected chi connectivity index (χ1v) is 12.7. The molecule has 2 aromatic rings. The molecule has 1 amide bonds. The van der Waals surface area contributed by atoms with E-state index < -0.39 is 17.0 Å². The van der Waals surface area contributed by atoms with Crippen LogP contribution in [0.5, 0.6) is 0 Å². The van der Waals surface area contributed by atoms with Crippen molar-refractivity contribution in [1.29, 1.82) is 0 Å². The summed E-state index contributed by atoms with van der Waals surface area (Å²) in [7, 11) is 0. The number of hydrogen-bond donors (Lipinski definition) is 1. The minimum atomic E-state index is -0.681. The number of carbonyl (C=O) groups excluding carboxylic acids is 3. The summed E-state index contributed by atoms with van der Waals surface area (Å²) in [5, 5.41) is 3.27. The first-order chi connectivity index (χ1) is 17.5. The molecule has 4 heterocycles. The van der Waals surface area contributed by atoms with Gasteiger partial charge < -0.3 is 24.6 Å². The number of piperazine rings is 1. The zero-order chi connectivity index (χ0) is 24.9. The quantitative estimate of drug-likeness (QED) is 0.504.